The summed E-state index contributed by atoms with van der Waals surface area (Å²) >= 11 is 0. The summed E-state index contributed by atoms with van der Waals surface area (Å²) in [6.45, 7) is 1.08. The van der Waals surface area contributed by atoms with Crippen molar-refractivity contribution in [1.82, 2.24) is 15.2 Å². The van der Waals surface area contributed by atoms with Crippen molar-refractivity contribution in [3.05, 3.63) is 45.3 Å². The Balaban J connectivity index is 1.49. The maximum atomic E-state index is 15.6. The number of carbonyl (C=O) groups is 2. The summed E-state index contributed by atoms with van der Waals surface area (Å²) in [4.78, 5) is 38.5. The molecule has 3 fully saturated rings. The molecule has 1 unspecified atom stereocenters. The number of methoxy groups -OCH3 is 1. The minimum atomic E-state index is -1.37. The fraction of sp³-hybridized carbons (Fsp3) is 0.500. The van der Waals surface area contributed by atoms with Gasteiger partial charge < -0.3 is 29.9 Å². The third-order valence-corrected chi connectivity index (χ3v) is 7.36. The van der Waals surface area contributed by atoms with Crippen LogP contribution in [0.1, 0.15) is 54.9 Å². The summed E-state index contributed by atoms with van der Waals surface area (Å²) < 4.78 is 38.0. The van der Waals surface area contributed by atoms with Crippen LogP contribution in [0.3, 0.4) is 0 Å². The number of carboxylic acid groups (broad SMARTS) is 1. The van der Waals surface area contributed by atoms with Gasteiger partial charge >= 0.3 is 5.97 Å². The maximum Gasteiger partial charge on any atom is 0.341 e. The molecule has 5 rings (SSSR count). The van der Waals surface area contributed by atoms with Crippen molar-refractivity contribution in [2.45, 2.75) is 50.6 Å². The zero-order valence-corrected chi connectivity index (χ0v) is 20.6. The molecule has 3 N–H and O–H groups in total. The summed E-state index contributed by atoms with van der Waals surface area (Å²) in [6.07, 6.45) is 5.58. The average molecular weight is 517 g/mol. The van der Waals surface area contributed by atoms with E-state index in [1.165, 1.54) is 13.3 Å². The number of carboxylic acids is 1. The molecule has 0 spiro atoms. The highest BCUT2D eigenvalue weighted by Gasteiger charge is 2.32. The number of aromatic nitrogens is 1. The summed E-state index contributed by atoms with van der Waals surface area (Å²) in [5.74, 6) is -2.67. The Morgan fingerprint density at radius 2 is 2.05 bits per heavy atom. The molecule has 1 aromatic carbocycles. The van der Waals surface area contributed by atoms with Gasteiger partial charge in [0, 0.05) is 25.3 Å². The number of hydrogen-bond donors (Lipinski definition) is 3. The minimum absolute atomic E-state index is 0.0133. The third-order valence-electron chi connectivity index (χ3n) is 7.36. The number of ether oxygens (including phenoxy) is 1. The lowest BCUT2D eigenvalue weighted by molar-refractivity contribution is -0.122. The molecule has 3 aliphatic rings. The van der Waals surface area contributed by atoms with Gasteiger partial charge in [-0.25, -0.2) is 13.6 Å². The monoisotopic (exact) mass is 516 g/mol. The first-order chi connectivity index (χ1) is 17.8. The molecule has 1 atom stereocenters. The summed E-state index contributed by atoms with van der Waals surface area (Å²) in [5, 5.41) is 15.2. The Kier molecular flexibility index (Phi) is 6.89. The van der Waals surface area contributed by atoms with Crippen molar-refractivity contribution >= 4 is 28.5 Å². The largest absolute Gasteiger partial charge is 0.492 e. The minimum Gasteiger partial charge on any atom is -0.492 e. The second-order valence-corrected chi connectivity index (χ2v) is 9.85. The van der Waals surface area contributed by atoms with Crippen molar-refractivity contribution in [2.75, 3.05) is 38.2 Å². The van der Waals surface area contributed by atoms with Crippen LogP contribution in [0, 0.1) is 5.82 Å². The molecule has 2 aliphatic heterocycles. The van der Waals surface area contributed by atoms with E-state index in [1.54, 1.807) is 9.47 Å². The summed E-state index contributed by atoms with van der Waals surface area (Å²) in [6, 6.07) is 0.743. The van der Waals surface area contributed by atoms with E-state index in [0.717, 1.165) is 38.3 Å². The van der Waals surface area contributed by atoms with Crippen molar-refractivity contribution in [3.8, 4) is 5.75 Å². The van der Waals surface area contributed by atoms with E-state index in [2.05, 4.69) is 10.6 Å². The van der Waals surface area contributed by atoms with Gasteiger partial charge in [0.25, 0.3) is 0 Å². The number of benzene rings is 1. The predicted molar refractivity (Wildman–Crippen MR) is 134 cm³/mol. The van der Waals surface area contributed by atoms with Gasteiger partial charge in [0.1, 0.15) is 17.1 Å². The highest BCUT2D eigenvalue weighted by Crippen LogP contribution is 2.44. The molecule has 1 aromatic heterocycles. The van der Waals surface area contributed by atoms with E-state index in [4.69, 9.17) is 4.74 Å². The van der Waals surface area contributed by atoms with Crippen LogP contribution >= 0.6 is 0 Å². The van der Waals surface area contributed by atoms with E-state index in [1.807, 2.05) is 0 Å². The molecule has 2 saturated heterocycles. The Hall–Kier alpha value is -3.47. The van der Waals surface area contributed by atoms with E-state index in [0.29, 0.717) is 30.5 Å². The van der Waals surface area contributed by atoms with E-state index >= 15 is 8.78 Å². The predicted octanol–water partition coefficient (Wildman–Crippen LogP) is 2.87. The van der Waals surface area contributed by atoms with Gasteiger partial charge in [0.15, 0.2) is 11.6 Å². The quantitative estimate of drug-likeness (QED) is 0.519. The first kappa shape index (κ1) is 25.2. The second kappa shape index (κ2) is 10.1. The standard InChI is InChI=1S/C26H30F2N4O5/c1-37-24-21-16(23(33)17(26(35)36)13-32(21)15-6-7-15)10-18(27)22(24)31-9-3-4-14(12-31)19(28)11-30-25(34)20-5-2-8-29-20/h10,13,15,20,29H,2-9,11-12H2,1H3,(H,30,34)(H,35,36)/b19-14+. The lowest BCUT2D eigenvalue weighted by atomic mass is 10.0. The van der Waals surface area contributed by atoms with E-state index in [-0.39, 0.29) is 47.9 Å². The van der Waals surface area contributed by atoms with E-state index in [9.17, 15) is 19.5 Å². The SMILES string of the molecule is COc1c(N2CCC/C(=C(\F)CNC(=O)C3CCCN3)C2)c(F)cc2c(=O)c(C(=O)O)cn(C3CC3)c12. The zero-order chi connectivity index (χ0) is 26.3. The van der Waals surface area contributed by atoms with Crippen molar-refractivity contribution in [3.63, 3.8) is 0 Å². The lowest BCUT2D eigenvalue weighted by Crippen LogP contribution is -2.41. The number of halogens is 2. The summed E-state index contributed by atoms with van der Waals surface area (Å²) in [7, 11) is 1.37. The zero-order valence-electron chi connectivity index (χ0n) is 20.6. The van der Waals surface area contributed by atoms with Crippen LogP contribution in [-0.2, 0) is 4.79 Å². The van der Waals surface area contributed by atoms with Crippen molar-refractivity contribution in [1.29, 1.82) is 0 Å². The third kappa shape index (κ3) is 4.79. The number of amides is 1. The van der Waals surface area contributed by atoms with Crippen molar-refractivity contribution < 1.29 is 28.2 Å². The van der Waals surface area contributed by atoms with Gasteiger partial charge in [-0.3, -0.25) is 9.59 Å². The number of anilines is 1. The molecule has 2 aromatic rings. The number of carbonyl (C=O) groups excluding carboxylic acids is 1. The van der Waals surface area contributed by atoms with Crippen LogP contribution in [0.25, 0.3) is 10.9 Å². The topological polar surface area (TPSA) is 113 Å². The second-order valence-electron chi connectivity index (χ2n) is 9.85. The summed E-state index contributed by atoms with van der Waals surface area (Å²) in [5.41, 5.74) is -0.289. The number of aromatic carboxylic acids is 1. The Morgan fingerprint density at radius 1 is 1.27 bits per heavy atom. The molecule has 37 heavy (non-hydrogen) atoms. The van der Waals surface area contributed by atoms with Crippen LogP contribution in [0.2, 0.25) is 0 Å². The first-order valence-electron chi connectivity index (χ1n) is 12.6. The normalized spacial score (nSPS) is 21.3. The maximum absolute atomic E-state index is 15.6. The molecule has 198 valence electrons. The molecule has 1 aliphatic carbocycles. The number of nitrogens with zero attached hydrogens (tertiary/aromatic N) is 2. The van der Waals surface area contributed by atoms with Gasteiger partial charge in [-0.05, 0) is 56.7 Å². The molecule has 0 radical (unpaired) electrons. The molecule has 1 saturated carbocycles. The van der Waals surface area contributed by atoms with Crippen LogP contribution in [-0.4, -0.2) is 60.9 Å². The molecule has 0 bridgehead atoms. The Morgan fingerprint density at radius 3 is 2.70 bits per heavy atom. The molecular weight excluding hydrogens is 486 g/mol. The highest BCUT2D eigenvalue weighted by molar-refractivity contribution is 5.97. The van der Waals surface area contributed by atoms with Gasteiger partial charge in [0.2, 0.25) is 11.3 Å². The molecule has 3 heterocycles. The van der Waals surface area contributed by atoms with Crippen LogP contribution in [0.15, 0.2) is 28.5 Å². The van der Waals surface area contributed by atoms with Crippen LogP contribution in [0.4, 0.5) is 14.5 Å². The fourth-order valence-electron chi connectivity index (χ4n) is 5.33. The van der Waals surface area contributed by atoms with Gasteiger partial charge in [-0.2, -0.15) is 0 Å². The number of hydrogen-bond acceptors (Lipinski definition) is 6. The fourth-order valence-corrected chi connectivity index (χ4v) is 5.33. The first-order valence-corrected chi connectivity index (χ1v) is 12.6. The Labute approximate surface area is 212 Å². The average Bonchev–Trinajstić information content (AvgIpc) is 3.59. The van der Waals surface area contributed by atoms with Gasteiger partial charge in [0.05, 0.1) is 30.6 Å². The van der Waals surface area contributed by atoms with Crippen molar-refractivity contribution in [2.24, 2.45) is 0 Å². The van der Waals surface area contributed by atoms with E-state index < -0.39 is 28.6 Å². The Bertz CT molecular complexity index is 1340. The lowest BCUT2D eigenvalue weighted by Gasteiger charge is -2.33. The van der Waals surface area contributed by atoms with Crippen LogP contribution in [0.5, 0.6) is 5.75 Å². The number of pyridine rings is 1. The molecule has 9 nitrogen and oxygen atoms in total. The molecule has 11 heteroatoms. The van der Waals surface area contributed by atoms with Crippen LogP contribution < -0.4 is 25.7 Å². The smallest absolute Gasteiger partial charge is 0.341 e. The number of fused-ring (bicyclic) bond motifs is 1. The highest BCUT2D eigenvalue weighted by atomic mass is 19.1. The number of nitrogens with one attached hydrogen (secondary N) is 2. The molecular formula is C26H30F2N4O5. The number of piperidine rings is 1. The van der Waals surface area contributed by atoms with Gasteiger partial charge in [-0.1, -0.05) is 0 Å². The number of rotatable bonds is 7. The molecule has 1 amide bonds. The van der Waals surface area contributed by atoms with Gasteiger partial charge in [-0.15, -0.1) is 0 Å².